The van der Waals surface area contributed by atoms with Crippen molar-refractivity contribution in [3.63, 3.8) is 0 Å². The van der Waals surface area contributed by atoms with E-state index in [2.05, 4.69) is 20.4 Å². The highest BCUT2D eigenvalue weighted by Gasteiger charge is 2.32. The third-order valence-electron chi connectivity index (χ3n) is 2.66. The Morgan fingerprint density at radius 1 is 1.47 bits per heavy atom. The Morgan fingerprint density at radius 2 is 2.16 bits per heavy atom. The molecule has 0 aromatic rings. The fourth-order valence-corrected chi connectivity index (χ4v) is 6.90. The van der Waals surface area contributed by atoms with E-state index in [-0.39, 0.29) is 0 Å². The van der Waals surface area contributed by atoms with Crippen molar-refractivity contribution in [3.05, 3.63) is 12.7 Å². The smallest absolute Gasteiger partial charge is 0.306 e. The quantitative estimate of drug-likeness (QED) is 0.211. The van der Waals surface area contributed by atoms with Crippen LogP contribution in [-0.2, 0) is 9.09 Å². The van der Waals surface area contributed by atoms with Crippen LogP contribution in [0.2, 0.25) is 0 Å². The van der Waals surface area contributed by atoms with Crippen molar-refractivity contribution in [3.8, 4) is 0 Å². The van der Waals surface area contributed by atoms with Gasteiger partial charge in [-0.1, -0.05) is 32.1 Å². The van der Waals surface area contributed by atoms with Crippen LogP contribution < -0.4 is 0 Å². The maximum atomic E-state index is 12.9. The van der Waals surface area contributed by atoms with Crippen LogP contribution in [0.15, 0.2) is 12.7 Å². The van der Waals surface area contributed by atoms with E-state index in [0.29, 0.717) is 18.4 Å². The number of hydrogen-bond donors (Lipinski definition) is 0. The summed E-state index contributed by atoms with van der Waals surface area (Å²) < 4.78 is 20.2. The molecule has 0 spiro atoms. The minimum absolute atomic E-state index is 0.294. The number of thiocarbonyl (C=S) groups is 1. The van der Waals surface area contributed by atoms with Crippen molar-refractivity contribution < 1.29 is 9.09 Å². The maximum absolute atomic E-state index is 12.9. The average molecular weight is 323 g/mol. The van der Waals surface area contributed by atoms with E-state index in [9.17, 15) is 4.57 Å². The molecule has 0 aliphatic rings. The second-order valence-electron chi connectivity index (χ2n) is 4.26. The van der Waals surface area contributed by atoms with Crippen molar-refractivity contribution in [1.29, 1.82) is 0 Å². The van der Waals surface area contributed by atoms with Gasteiger partial charge in [-0.15, -0.1) is 6.58 Å². The van der Waals surface area contributed by atoms with E-state index in [4.69, 9.17) is 16.7 Å². The Labute approximate surface area is 127 Å². The van der Waals surface area contributed by atoms with Gasteiger partial charge in [0.05, 0.1) is 12.1 Å². The molecule has 0 heterocycles. The second-order valence-corrected chi connectivity index (χ2v) is 9.22. The summed E-state index contributed by atoms with van der Waals surface area (Å²) in [5, 5.41) is 0.294. The monoisotopic (exact) mass is 323 g/mol. The lowest BCUT2D eigenvalue weighted by atomic mass is 10.2. The fraction of sp³-hybridized carbons (Fsp3) is 0.769. The number of nitrogens with zero attached hydrogens (tertiary/aromatic N) is 1. The van der Waals surface area contributed by atoms with E-state index < -0.39 is 6.72 Å². The molecule has 112 valence electrons. The molecule has 0 bridgehead atoms. The number of hydrogen-bond acceptors (Lipinski definition) is 4. The first-order valence-corrected chi connectivity index (χ1v) is 10.3. The molecule has 0 aliphatic heterocycles. The van der Waals surface area contributed by atoms with Crippen LogP contribution >= 0.6 is 30.3 Å². The molecular weight excluding hydrogens is 297 g/mol. The zero-order chi connectivity index (χ0) is 14.7. The highest BCUT2D eigenvalue weighted by molar-refractivity contribution is 8.56. The Balaban J connectivity index is 4.63. The van der Waals surface area contributed by atoms with Gasteiger partial charge in [0.2, 0.25) is 0 Å². The minimum Gasteiger partial charge on any atom is -0.306 e. The number of unbranched alkanes of at least 4 members (excludes halogenated alkanes) is 2. The second kappa shape index (κ2) is 10.9. The van der Waals surface area contributed by atoms with Gasteiger partial charge in [-0.25, -0.2) is 0 Å². The lowest BCUT2D eigenvalue weighted by molar-refractivity contribution is 0.316. The molecular formula is C13H26NO2PS2. The summed E-state index contributed by atoms with van der Waals surface area (Å²) in [5.74, 6) is 0. The van der Waals surface area contributed by atoms with E-state index >= 15 is 0 Å². The summed E-state index contributed by atoms with van der Waals surface area (Å²) in [6.07, 6.45) is 5.81. The van der Waals surface area contributed by atoms with Crippen molar-refractivity contribution in [2.45, 2.75) is 51.7 Å². The molecule has 0 saturated heterocycles. The fourth-order valence-electron chi connectivity index (χ4n) is 1.43. The van der Waals surface area contributed by atoms with Crippen LogP contribution in [0.3, 0.4) is 0 Å². The van der Waals surface area contributed by atoms with Crippen molar-refractivity contribution in [2.24, 2.45) is 0 Å². The lowest BCUT2D eigenvalue weighted by Crippen LogP contribution is -2.20. The molecule has 2 unspecified atom stereocenters. The van der Waals surface area contributed by atoms with Crippen LogP contribution in [-0.4, -0.2) is 28.6 Å². The topological polar surface area (TPSA) is 29.5 Å². The SMILES string of the molecule is C=CCCCCN(C=S)P(=O)(OCC)SC(C)CC. The zero-order valence-electron chi connectivity index (χ0n) is 12.2. The van der Waals surface area contributed by atoms with Gasteiger partial charge in [-0.05, 0) is 44.0 Å². The van der Waals surface area contributed by atoms with Crippen molar-refractivity contribution >= 4 is 35.8 Å². The molecule has 0 N–H and O–H groups in total. The van der Waals surface area contributed by atoms with E-state index in [1.807, 2.05) is 13.0 Å². The van der Waals surface area contributed by atoms with Gasteiger partial charge in [0.15, 0.2) is 0 Å². The normalized spacial score (nSPS) is 15.5. The van der Waals surface area contributed by atoms with E-state index in [0.717, 1.165) is 25.7 Å². The zero-order valence-corrected chi connectivity index (χ0v) is 14.7. The molecule has 0 aromatic carbocycles. The molecule has 0 rings (SSSR count). The summed E-state index contributed by atoms with van der Waals surface area (Å²) in [4.78, 5) is 0. The molecule has 0 aliphatic carbocycles. The van der Waals surface area contributed by atoms with Gasteiger partial charge in [0.1, 0.15) is 0 Å². The lowest BCUT2D eigenvalue weighted by Gasteiger charge is -2.29. The van der Waals surface area contributed by atoms with Gasteiger partial charge >= 0.3 is 6.72 Å². The van der Waals surface area contributed by atoms with Crippen LogP contribution in [0.25, 0.3) is 0 Å². The Morgan fingerprint density at radius 3 is 2.63 bits per heavy atom. The average Bonchev–Trinajstić information content (AvgIpc) is 2.38. The molecule has 0 aromatic heterocycles. The molecule has 6 heteroatoms. The van der Waals surface area contributed by atoms with E-state index in [1.54, 1.807) is 4.67 Å². The highest BCUT2D eigenvalue weighted by atomic mass is 32.7. The van der Waals surface area contributed by atoms with Gasteiger partial charge < -0.3 is 4.52 Å². The molecule has 0 fully saturated rings. The summed E-state index contributed by atoms with van der Waals surface area (Å²) in [7, 11) is 0. The number of rotatable bonds is 12. The van der Waals surface area contributed by atoms with Gasteiger partial charge in [-0.2, -0.15) is 0 Å². The molecule has 2 atom stereocenters. The predicted octanol–water partition coefficient (Wildman–Crippen LogP) is 5.28. The summed E-state index contributed by atoms with van der Waals surface area (Å²) in [5.41, 5.74) is 1.49. The van der Waals surface area contributed by atoms with Crippen LogP contribution in [0.5, 0.6) is 0 Å². The minimum atomic E-state index is -2.89. The summed E-state index contributed by atoms with van der Waals surface area (Å²) in [6.45, 7) is 7.94. The predicted molar refractivity (Wildman–Crippen MR) is 91.0 cm³/mol. The standard InChI is InChI=1S/C13H26NO2PS2/c1-5-8-9-10-11-14(12-18)17(15,16-7-3)19-13(4)6-2/h5,12-13H,1,6-11H2,2-4H3. The van der Waals surface area contributed by atoms with Gasteiger partial charge in [-0.3, -0.25) is 9.24 Å². The molecule has 0 radical (unpaired) electrons. The first-order chi connectivity index (χ1) is 9.03. The third-order valence-corrected chi connectivity index (χ3v) is 8.39. The maximum Gasteiger partial charge on any atom is 0.354 e. The van der Waals surface area contributed by atoms with Gasteiger partial charge in [0, 0.05) is 11.8 Å². The molecule has 0 saturated carbocycles. The van der Waals surface area contributed by atoms with Crippen LogP contribution in [0.1, 0.15) is 46.5 Å². The molecule has 19 heavy (non-hydrogen) atoms. The Bertz CT molecular complexity index is 313. The van der Waals surface area contributed by atoms with Crippen LogP contribution in [0.4, 0.5) is 0 Å². The largest absolute Gasteiger partial charge is 0.354 e. The van der Waals surface area contributed by atoms with Crippen molar-refractivity contribution in [2.75, 3.05) is 13.2 Å². The number of allylic oxidation sites excluding steroid dienone is 1. The molecule has 3 nitrogen and oxygen atoms in total. The van der Waals surface area contributed by atoms with Gasteiger partial charge in [0.25, 0.3) is 0 Å². The molecule has 0 amide bonds. The third kappa shape index (κ3) is 7.50. The van der Waals surface area contributed by atoms with E-state index in [1.165, 1.54) is 16.9 Å². The highest BCUT2D eigenvalue weighted by Crippen LogP contribution is 2.63. The summed E-state index contributed by atoms with van der Waals surface area (Å²) in [6, 6.07) is 0. The van der Waals surface area contributed by atoms with Crippen LogP contribution in [0, 0.1) is 0 Å². The first-order valence-electron chi connectivity index (χ1n) is 6.80. The first kappa shape index (κ1) is 19.2. The Hall–Kier alpha value is 0.170. The van der Waals surface area contributed by atoms with Crippen molar-refractivity contribution in [1.82, 2.24) is 4.67 Å². The Kier molecular flexibility index (Phi) is 11.0. The summed E-state index contributed by atoms with van der Waals surface area (Å²) >= 11 is 6.43.